The molecule has 0 atom stereocenters. The van der Waals surface area contributed by atoms with E-state index in [1.54, 1.807) is 11.1 Å². The van der Waals surface area contributed by atoms with Crippen molar-refractivity contribution in [1.29, 1.82) is 0 Å². The largest absolute Gasteiger partial charge is 0.270 e. The average Bonchev–Trinajstić information content (AvgIpc) is 2.39. The molecule has 0 aliphatic heterocycles. The maximum Gasteiger partial charge on any atom is 0.0512 e. The Morgan fingerprint density at radius 1 is 0.857 bits per heavy atom. The van der Waals surface area contributed by atoms with E-state index < -0.39 is 0 Å². The lowest BCUT2D eigenvalue weighted by Crippen LogP contribution is -2.35. The van der Waals surface area contributed by atoms with Gasteiger partial charge in [-0.1, -0.05) is 57.9 Å². The normalized spacial score (nSPS) is 22.4. The highest BCUT2D eigenvalue weighted by atomic mass is 31.1. The molecule has 0 unspecified atom stereocenters. The molecule has 0 bridgehead atoms. The van der Waals surface area contributed by atoms with Crippen molar-refractivity contribution in [3.05, 3.63) is 23.3 Å². The van der Waals surface area contributed by atoms with Crippen LogP contribution in [-0.4, -0.2) is 49.6 Å². The van der Waals surface area contributed by atoms with Crippen LogP contribution >= 0.6 is 8.22 Å². The zero-order valence-electron chi connectivity index (χ0n) is 15.1. The molecule has 21 heavy (non-hydrogen) atoms. The van der Waals surface area contributed by atoms with E-state index in [0.29, 0.717) is 11.6 Å². The third kappa shape index (κ3) is 4.94. The monoisotopic (exact) mass is 307 g/mol. The predicted molar refractivity (Wildman–Crippen MR) is 99.0 cm³/mol. The molecular weight excluding hydrogens is 274 g/mol. The Hall–Kier alpha value is -0.105. The maximum atomic E-state index is 2.68. The first-order chi connectivity index (χ1) is 9.49. The van der Waals surface area contributed by atoms with Crippen LogP contribution in [0.15, 0.2) is 23.3 Å². The zero-order chi connectivity index (χ0) is 15.3. The van der Waals surface area contributed by atoms with Crippen LogP contribution in [0.4, 0.5) is 0 Å². The van der Waals surface area contributed by atoms with Gasteiger partial charge in [-0.15, -0.1) is 0 Å². The lowest BCUT2D eigenvalue weighted by molar-refractivity contribution is 0.419. The van der Waals surface area contributed by atoms with Gasteiger partial charge in [0.15, 0.2) is 0 Å². The van der Waals surface area contributed by atoms with E-state index >= 15 is 0 Å². The highest BCUT2D eigenvalue weighted by Gasteiger charge is 2.34. The summed E-state index contributed by atoms with van der Waals surface area (Å²) in [6.07, 6.45) is 4.92. The van der Waals surface area contributed by atoms with Crippen molar-refractivity contribution in [3.8, 4) is 0 Å². The molecule has 2 nitrogen and oxygen atoms in total. The minimum Gasteiger partial charge on any atom is -0.270 e. The fourth-order valence-corrected chi connectivity index (χ4v) is 6.39. The average molecular weight is 307 g/mol. The summed E-state index contributed by atoms with van der Waals surface area (Å²) in [5.74, 6) is 0.594. The zero-order valence-corrected chi connectivity index (χ0v) is 16.0. The molecule has 3 radical (unpaired) electrons. The Balaban J connectivity index is 0.00000400. The summed E-state index contributed by atoms with van der Waals surface area (Å²) in [5.41, 5.74) is 3.76. The Morgan fingerprint density at radius 3 is 1.48 bits per heavy atom. The van der Waals surface area contributed by atoms with E-state index in [9.17, 15) is 0 Å². The molecule has 0 heterocycles. The smallest absolute Gasteiger partial charge is 0.0512 e. The minimum atomic E-state index is -0.274. The van der Waals surface area contributed by atoms with E-state index in [1.165, 1.54) is 0 Å². The van der Waals surface area contributed by atoms with Crippen LogP contribution in [-0.2, 0) is 0 Å². The van der Waals surface area contributed by atoms with Gasteiger partial charge in [0.1, 0.15) is 0 Å². The molecule has 0 aromatic rings. The van der Waals surface area contributed by atoms with Crippen LogP contribution in [0, 0.1) is 5.92 Å². The minimum absolute atomic E-state index is 0. The molecule has 0 saturated carbocycles. The summed E-state index contributed by atoms with van der Waals surface area (Å²) in [7, 11) is -0.274. The van der Waals surface area contributed by atoms with Gasteiger partial charge in [-0.2, -0.15) is 0 Å². The lowest BCUT2D eigenvalue weighted by atomic mass is 9.94. The molecule has 1 aliphatic carbocycles. The molecule has 0 N–H and O–H groups in total. The molecule has 0 aromatic carbocycles. The number of hydrogen-bond donors (Lipinski definition) is 0. The highest BCUT2D eigenvalue weighted by molar-refractivity contribution is 7.54. The summed E-state index contributed by atoms with van der Waals surface area (Å²) in [4.78, 5) is 0. The van der Waals surface area contributed by atoms with E-state index in [0.717, 1.165) is 26.2 Å². The topological polar surface area (TPSA) is 6.48 Å². The number of nitrogens with zero attached hydrogens (tertiary/aromatic N) is 2. The summed E-state index contributed by atoms with van der Waals surface area (Å²) in [5, 5.41) is 0. The van der Waals surface area contributed by atoms with Crippen molar-refractivity contribution in [1.82, 2.24) is 9.34 Å². The van der Waals surface area contributed by atoms with Crippen LogP contribution in [0.5, 0.6) is 0 Å². The van der Waals surface area contributed by atoms with Gasteiger partial charge < -0.3 is 0 Å². The van der Waals surface area contributed by atoms with Gasteiger partial charge in [0.25, 0.3) is 0 Å². The van der Waals surface area contributed by atoms with Gasteiger partial charge in [-0.05, 0) is 19.8 Å². The third-order valence-corrected chi connectivity index (χ3v) is 7.75. The van der Waals surface area contributed by atoms with E-state index in [2.05, 4.69) is 70.0 Å². The van der Waals surface area contributed by atoms with Crippen LogP contribution in [0.2, 0.25) is 0 Å². The first kappa shape index (κ1) is 20.9. The Morgan fingerprint density at radius 2 is 1.19 bits per heavy atom. The molecule has 0 fully saturated rings. The summed E-state index contributed by atoms with van der Waals surface area (Å²) in [6, 6.07) is 0. The van der Waals surface area contributed by atoms with Crippen molar-refractivity contribution in [2.75, 3.05) is 26.2 Å². The molecule has 0 spiro atoms. The third-order valence-electron chi connectivity index (χ3n) is 4.18. The predicted octanol–water partition coefficient (Wildman–Crippen LogP) is 4.51. The molecular formula is C17H33BN2P. The first-order valence-corrected chi connectivity index (χ1v) is 9.47. The van der Waals surface area contributed by atoms with E-state index in [1.807, 2.05) is 0 Å². The molecule has 119 valence electrons. The van der Waals surface area contributed by atoms with Crippen molar-refractivity contribution in [3.63, 3.8) is 0 Å². The van der Waals surface area contributed by atoms with Crippen LogP contribution < -0.4 is 0 Å². The Labute approximate surface area is 136 Å². The van der Waals surface area contributed by atoms with Crippen LogP contribution in [0.25, 0.3) is 0 Å². The van der Waals surface area contributed by atoms with Gasteiger partial charge in [0, 0.05) is 40.3 Å². The fraction of sp³-hybridized carbons (Fsp3) is 0.765. The quantitative estimate of drug-likeness (QED) is 0.388. The van der Waals surface area contributed by atoms with E-state index in [4.69, 9.17) is 0 Å². The Bertz CT molecular complexity index is 328. The van der Waals surface area contributed by atoms with Gasteiger partial charge in [0.2, 0.25) is 0 Å². The second-order valence-electron chi connectivity index (χ2n) is 5.68. The van der Waals surface area contributed by atoms with Crippen molar-refractivity contribution in [2.24, 2.45) is 5.92 Å². The number of rotatable bonds is 7. The summed E-state index contributed by atoms with van der Waals surface area (Å²) < 4.78 is 5.36. The van der Waals surface area contributed by atoms with Crippen molar-refractivity contribution >= 4 is 16.6 Å². The van der Waals surface area contributed by atoms with Crippen LogP contribution in [0.1, 0.15) is 48.5 Å². The van der Waals surface area contributed by atoms with Crippen molar-refractivity contribution < 1.29 is 0 Å². The number of allylic oxidation sites excluding steroid dienone is 4. The second kappa shape index (κ2) is 9.82. The van der Waals surface area contributed by atoms with Gasteiger partial charge in [0.05, 0.1) is 8.22 Å². The van der Waals surface area contributed by atoms with Gasteiger partial charge >= 0.3 is 0 Å². The number of hydrogen-bond acceptors (Lipinski definition) is 2. The lowest BCUT2D eigenvalue weighted by Gasteiger charge is -2.44. The molecule has 0 amide bonds. The van der Waals surface area contributed by atoms with Gasteiger partial charge in [-0.25, -0.2) is 0 Å². The molecule has 4 heteroatoms. The summed E-state index contributed by atoms with van der Waals surface area (Å²) in [6.45, 7) is 20.7. The van der Waals surface area contributed by atoms with E-state index in [-0.39, 0.29) is 16.6 Å². The SMILES string of the molecule is CCN(CC)P(C1C(C)=CC(C)C=C1C)N(CC)CC.[B]. The second-order valence-corrected chi connectivity index (χ2v) is 7.97. The highest BCUT2D eigenvalue weighted by Crippen LogP contribution is 2.54. The molecule has 1 aliphatic rings. The standard InChI is InChI=1S/C17H33N2P.B/c1-8-18(9-2)20(19(10-3)11-4)17-15(6)12-14(5)13-16(17)7;/h12-14,17H,8-11H2,1-7H3;. The van der Waals surface area contributed by atoms with Crippen molar-refractivity contribution in [2.45, 2.75) is 54.1 Å². The maximum absolute atomic E-state index is 2.68. The molecule has 1 rings (SSSR count). The Kier molecular flexibility index (Phi) is 9.77. The first-order valence-electron chi connectivity index (χ1n) is 8.15. The molecule has 0 saturated heterocycles. The summed E-state index contributed by atoms with van der Waals surface area (Å²) >= 11 is 0. The fourth-order valence-electron chi connectivity index (χ4n) is 3.32. The van der Waals surface area contributed by atoms with Crippen LogP contribution in [0.3, 0.4) is 0 Å². The molecule has 0 aromatic heterocycles. The van der Waals surface area contributed by atoms with Gasteiger partial charge in [-0.3, -0.25) is 9.34 Å².